The van der Waals surface area contributed by atoms with Gasteiger partial charge >= 0.3 is 0 Å². The number of aryl methyl sites for hydroxylation is 1. The molecule has 0 radical (unpaired) electrons. The van der Waals surface area contributed by atoms with Crippen molar-refractivity contribution in [1.82, 2.24) is 24.5 Å². The van der Waals surface area contributed by atoms with Crippen LogP contribution in [0.1, 0.15) is 12.7 Å². The van der Waals surface area contributed by atoms with Crippen molar-refractivity contribution in [2.24, 2.45) is 0 Å². The molecule has 4 aromatic carbocycles. The Morgan fingerprint density at radius 3 is 1.83 bits per heavy atom. The van der Waals surface area contributed by atoms with Crippen LogP contribution in [0.15, 0.2) is 97.1 Å². The number of benzene rings is 4. The molecular formula is C30H21N5O. The highest BCUT2D eigenvalue weighted by atomic mass is 16.5. The molecule has 36 heavy (non-hydrogen) atoms. The van der Waals surface area contributed by atoms with E-state index in [1.54, 1.807) is 0 Å². The Bertz CT molecular complexity index is 1690. The summed E-state index contributed by atoms with van der Waals surface area (Å²) in [6.45, 7) is 2.12. The zero-order valence-electron chi connectivity index (χ0n) is 19.6. The summed E-state index contributed by atoms with van der Waals surface area (Å²) < 4.78 is 8.57. The number of para-hydroxylation sites is 2. The maximum atomic E-state index is 6.37. The Hall–Kier alpha value is -4.84. The van der Waals surface area contributed by atoms with Crippen molar-refractivity contribution < 1.29 is 4.74 Å². The van der Waals surface area contributed by atoms with Crippen molar-refractivity contribution in [2.45, 2.75) is 13.3 Å². The molecule has 0 fully saturated rings. The third-order valence-corrected chi connectivity index (χ3v) is 6.39. The monoisotopic (exact) mass is 467 g/mol. The van der Waals surface area contributed by atoms with Crippen LogP contribution >= 0.6 is 0 Å². The van der Waals surface area contributed by atoms with Gasteiger partial charge in [-0.2, -0.15) is 0 Å². The molecule has 0 N–H and O–H groups in total. The maximum absolute atomic E-state index is 6.37. The average molecular weight is 468 g/mol. The molecule has 0 bridgehead atoms. The van der Waals surface area contributed by atoms with Crippen LogP contribution < -0.4 is 4.74 Å². The molecule has 0 unspecified atom stereocenters. The molecule has 3 heterocycles. The smallest absolute Gasteiger partial charge is 0.164 e. The lowest BCUT2D eigenvalue weighted by Crippen LogP contribution is -2.07. The minimum Gasteiger partial charge on any atom is -0.453 e. The fraction of sp³-hybridized carbons (Fsp3) is 0.0667. The van der Waals surface area contributed by atoms with E-state index in [-0.39, 0.29) is 0 Å². The molecule has 1 aliphatic heterocycles. The quantitative estimate of drug-likeness (QED) is 0.282. The Labute approximate surface area is 207 Å². The van der Waals surface area contributed by atoms with Gasteiger partial charge in [-0.3, -0.25) is 4.57 Å². The molecule has 0 aliphatic carbocycles. The van der Waals surface area contributed by atoms with Crippen LogP contribution in [0.25, 0.3) is 50.9 Å². The van der Waals surface area contributed by atoms with Crippen molar-refractivity contribution in [1.29, 1.82) is 0 Å². The largest absolute Gasteiger partial charge is 0.453 e. The van der Waals surface area contributed by atoms with E-state index in [0.29, 0.717) is 17.5 Å². The lowest BCUT2D eigenvalue weighted by atomic mass is 10.1. The first-order valence-electron chi connectivity index (χ1n) is 12.0. The number of ether oxygens (including phenoxy) is 1. The lowest BCUT2D eigenvalue weighted by molar-refractivity contribution is 0.474. The predicted molar refractivity (Wildman–Crippen MR) is 140 cm³/mol. The standard InChI is InChI=1S/C30H21N5O/c1-2-26-31-22-17-21(18-25-27(22)35(26)23-15-9-10-16-24(23)36-25)30-33-28(19-11-5-3-6-12-19)32-29(34-30)20-13-7-4-8-14-20/h3-18H,2H2,1H3. The number of aromatic nitrogens is 5. The van der Waals surface area contributed by atoms with Gasteiger partial charge in [0.15, 0.2) is 29.0 Å². The summed E-state index contributed by atoms with van der Waals surface area (Å²) in [6, 6.07) is 32.1. The molecule has 172 valence electrons. The van der Waals surface area contributed by atoms with Gasteiger partial charge in [0, 0.05) is 23.1 Å². The molecule has 6 nitrogen and oxygen atoms in total. The highest BCUT2D eigenvalue weighted by Crippen LogP contribution is 2.43. The number of hydrogen-bond donors (Lipinski definition) is 0. The Morgan fingerprint density at radius 2 is 1.19 bits per heavy atom. The summed E-state index contributed by atoms with van der Waals surface area (Å²) >= 11 is 0. The van der Waals surface area contributed by atoms with Crippen LogP contribution in [-0.4, -0.2) is 24.5 Å². The fourth-order valence-corrected chi connectivity index (χ4v) is 4.71. The summed E-state index contributed by atoms with van der Waals surface area (Å²) in [4.78, 5) is 19.5. The SMILES string of the molecule is CCc1nc2cc(-c3nc(-c4ccccc4)nc(-c4ccccc4)n3)cc3c2n1-c1ccccc1O3. The topological polar surface area (TPSA) is 65.7 Å². The van der Waals surface area contributed by atoms with Crippen molar-refractivity contribution >= 4 is 11.0 Å². The second-order valence-electron chi connectivity index (χ2n) is 8.67. The number of imidazole rings is 1. The minimum absolute atomic E-state index is 0.580. The van der Waals surface area contributed by atoms with E-state index < -0.39 is 0 Å². The second kappa shape index (κ2) is 8.13. The van der Waals surface area contributed by atoms with Crippen LogP contribution in [0, 0.1) is 0 Å². The molecule has 0 atom stereocenters. The lowest BCUT2D eigenvalue weighted by Gasteiger charge is -2.21. The zero-order valence-corrected chi connectivity index (χ0v) is 19.6. The number of hydrogen-bond acceptors (Lipinski definition) is 5. The van der Waals surface area contributed by atoms with E-state index >= 15 is 0 Å². The van der Waals surface area contributed by atoms with Crippen LogP contribution in [0.4, 0.5) is 0 Å². The van der Waals surface area contributed by atoms with Gasteiger partial charge in [-0.25, -0.2) is 19.9 Å². The summed E-state index contributed by atoms with van der Waals surface area (Å²) in [7, 11) is 0. The van der Waals surface area contributed by atoms with Crippen molar-refractivity contribution in [3.8, 4) is 51.3 Å². The molecule has 2 aromatic heterocycles. The molecule has 0 spiro atoms. The van der Waals surface area contributed by atoms with Gasteiger partial charge in [0.2, 0.25) is 0 Å². The van der Waals surface area contributed by atoms with Crippen molar-refractivity contribution in [3.05, 3.63) is 103 Å². The van der Waals surface area contributed by atoms with Gasteiger partial charge in [0.05, 0.1) is 11.2 Å². The Kier molecular flexibility index (Phi) is 4.64. The van der Waals surface area contributed by atoms with E-state index in [4.69, 9.17) is 24.7 Å². The minimum atomic E-state index is 0.580. The first-order chi connectivity index (χ1) is 17.8. The van der Waals surface area contributed by atoms with E-state index in [9.17, 15) is 0 Å². The van der Waals surface area contributed by atoms with Crippen LogP contribution in [0.5, 0.6) is 11.5 Å². The highest BCUT2D eigenvalue weighted by molar-refractivity contribution is 5.91. The van der Waals surface area contributed by atoms with Gasteiger partial charge in [-0.1, -0.05) is 79.7 Å². The molecule has 6 aromatic rings. The van der Waals surface area contributed by atoms with E-state index in [1.165, 1.54) is 0 Å². The van der Waals surface area contributed by atoms with E-state index in [0.717, 1.165) is 57.2 Å². The van der Waals surface area contributed by atoms with Gasteiger partial charge < -0.3 is 4.74 Å². The molecule has 6 heteroatoms. The summed E-state index contributed by atoms with van der Waals surface area (Å²) in [5, 5.41) is 0. The summed E-state index contributed by atoms with van der Waals surface area (Å²) in [6.07, 6.45) is 0.805. The molecular weight excluding hydrogens is 446 g/mol. The zero-order chi connectivity index (χ0) is 24.1. The van der Waals surface area contributed by atoms with Crippen LogP contribution in [0.2, 0.25) is 0 Å². The number of nitrogens with zero attached hydrogens (tertiary/aromatic N) is 5. The maximum Gasteiger partial charge on any atom is 0.164 e. The van der Waals surface area contributed by atoms with Gasteiger partial charge in [0.25, 0.3) is 0 Å². The first-order valence-corrected chi connectivity index (χ1v) is 12.0. The predicted octanol–water partition coefficient (Wildman–Crippen LogP) is 6.88. The van der Waals surface area contributed by atoms with Crippen molar-refractivity contribution in [3.63, 3.8) is 0 Å². The molecule has 1 aliphatic rings. The molecule has 0 amide bonds. The van der Waals surface area contributed by atoms with E-state index in [2.05, 4.69) is 17.6 Å². The van der Waals surface area contributed by atoms with Gasteiger partial charge in [-0.15, -0.1) is 0 Å². The highest BCUT2D eigenvalue weighted by Gasteiger charge is 2.25. The van der Waals surface area contributed by atoms with E-state index in [1.807, 2.05) is 91.0 Å². The number of rotatable bonds is 4. The Morgan fingerprint density at radius 1 is 0.611 bits per heavy atom. The van der Waals surface area contributed by atoms with Crippen LogP contribution in [0.3, 0.4) is 0 Å². The summed E-state index contributed by atoms with van der Waals surface area (Å²) in [5.41, 5.74) is 5.54. The third kappa shape index (κ3) is 3.26. The summed E-state index contributed by atoms with van der Waals surface area (Å²) in [5.74, 6) is 4.37. The second-order valence-corrected chi connectivity index (χ2v) is 8.67. The van der Waals surface area contributed by atoms with Crippen LogP contribution in [-0.2, 0) is 6.42 Å². The van der Waals surface area contributed by atoms with Gasteiger partial charge in [-0.05, 0) is 24.3 Å². The molecule has 0 saturated heterocycles. The number of fused-ring (bicyclic) bond motifs is 2. The molecule has 0 saturated carbocycles. The average Bonchev–Trinajstić information content (AvgIpc) is 3.33. The third-order valence-electron chi connectivity index (χ3n) is 6.39. The van der Waals surface area contributed by atoms with Crippen molar-refractivity contribution in [2.75, 3.05) is 0 Å². The Balaban J connectivity index is 1.46. The normalized spacial score (nSPS) is 11.8. The first kappa shape index (κ1) is 20.5. The fourth-order valence-electron chi connectivity index (χ4n) is 4.71. The molecule has 7 rings (SSSR count). The van der Waals surface area contributed by atoms with Gasteiger partial charge in [0.1, 0.15) is 11.3 Å².